The van der Waals surface area contributed by atoms with E-state index in [1.54, 1.807) is 13.2 Å². The Labute approximate surface area is 176 Å². The van der Waals surface area contributed by atoms with E-state index in [4.69, 9.17) is 26.8 Å². The molecule has 0 fully saturated rings. The molecular weight excluding hydrogens is 384 g/mol. The van der Waals surface area contributed by atoms with E-state index in [9.17, 15) is 0 Å². The first-order chi connectivity index (χ1) is 14.0. The normalized spacial score (nSPS) is 11.8. The Morgan fingerprint density at radius 1 is 1.10 bits per heavy atom. The number of ether oxygens (including phenoxy) is 2. The van der Waals surface area contributed by atoms with Crippen LogP contribution in [0.4, 0.5) is 0 Å². The van der Waals surface area contributed by atoms with Crippen LogP contribution in [0.3, 0.4) is 0 Å². The summed E-state index contributed by atoms with van der Waals surface area (Å²) in [5.41, 5.74) is 2.23. The van der Waals surface area contributed by atoms with Crippen molar-refractivity contribution >= 4 is 12.2 Å². The van der Waals surface area contributed by atoms with Gasteiger partial charge in [-0.1, -0.05) is 12.7 Å². The highest BCUT2D eigenvalue weighted by Crippen LogP contribution is 2.20. The van der Waals surface area contributed by atoms with Crippen molar-refractivity contribution in [1.29, 1.82) is 0 Å². The monoisotopic (exact) mass is 411 g/mol. The van der Waals surface area contributed by atoms with Gasteiger partial charge in [-0.05, 0) is 60.7 Å². The second kappa shape index (κ2) is 9.54. The molecule has 0 bridgehead atoms. The molecule has 0 saturated heterocycles. The van der Waals surface area contributed by atoms with Crippen LogP contribution in [-0.2, 0) is 20.3 Å². The first kappa shape index (κ1) is 20.8. The van der Waals surface area contributed by atoms with Gasteiger partial charge in [0.15, 0.2) is 12.5 Å². The zero-order chi connectivity index (χ0) is 20.8. The van der Waals surface area contributed by atoms with E-state index in [1.807, 2.05) is 52.7 Å². The summed E-state index contributed by atoms with van der Waals surface area (Å²) in [6, 6.07) is 16.0. The lowest BCUT2D eigenvalue weighted by Gasteiger charge is -2.14. The molecule has 0 aliphatic heterocycles. The first-order valence-electron chi connectivity index (χ1n) is 9.44. The molecule has 0 spiro atoms. The fraction of sp³-hybridized carbons (Fsp3) is 0.273. The van der Waals surface area contributed by atoms with Crippen LogP contribution in [-0.4, -0.2) is 35.1 Å². The van der Waals surface area contributed by atoms with Gasteiger partial charge in [-0.25, -0.2) is 0 Å². The third kappa shape index (κ3) is 5.13. The number of hydrogen-bond acceptors (Lipinski definition) is 4. The fourth-order valence-corrected chi connectivity index (χ4v) is 3.29. The summed E-state index contributed by atoms with van der Waals surface area (Å²) < 4.78 is 15.3. The molecule has 0 aliphatic rings. The van der Waals surface area contributed by atoms with Crippen LogP contribution in [0.1, 0.15) is 5.56 Å². The SMILES string of the molecule is C=CCOc1ccc(C[NH+](C)Cn2nc(-c3ccc(OC)cc3)n(C)c2=S)cc1. The highest BCUT2D eigenvalue weighted by molar-refractivity contribution is 7.71. The Balaban J connectivity index is 1.69. The van der Waals surface area contributed by atoms with Gasteiger partial charge >= 0.3 is 0 Å². The summed E-state index contributed by atoms with van der Waals surface area (Å²) in [4.78, 5) is 1.28. The molecule has 1 unspecified atom stereocenters. The minimum atomic E-state index is 0.513. The number of hydrogen-bond donors (Lipinski definition) is 1. The van der Waals surface area contributed by atoms with Crippen molar-refractivity contribution < 1.29 is 14.4 Å². The lowest BCUT2D eigenvalue weighted by atomic mass is 10.2. The number of quaternary nitrogens is 1. The van der Waals surface area contributed by atoms with Crippen LogP contribution in [0.2, 0.25) is 0 Å². The van der Waals surface area contributed by atoms with Crippen molar-refractivity contribution in [2.75, 3.05) is 20.8 Å². The summed E-state index contributed by atoms with van der Waals surface area (Å²) in [6.07, 6.45) is 1.74. The van der Waals surface area contributed by atoms with E-state index in [2.05, 4.69) is 25.8 Å². The lowest BCUT2D eigenvalue weighted by molar-refractivity contribution is -0.917. The fourth-order valence-electron chi connectivity index (χ4n) is 3.10. The number of rotatable bonds is 9. The van der Waals surface area contributed by atoms with Gasteiger partial charge in [0.2, 0.25) is 4.77 Å². The number of nitrogens with one attached hydrogen (secondary N) is 1. The van der Waals surface area contributed by atoms with Gasteiger partial charge in [0.05, 0.1) is 14.2 Å². The number of benzene rings is 2. The van der Waals surface area contributed by atoms with Crippen molar-refractivity contribution in [3.05, 3.63) is 71.5 Å². The van der Waals surface area contributed by atoms with Crippen molar-refractivity contribution in [2.24, 2.45) is 7.05 Å². The highest BCUT2D eigenvalue weighted by atomic mass is 32.1. The number of methoxy groups -OCH3 is 1. The molecule has 152 valence electrons. The average molecular weight is 412 g/mol. The summed E-state index contributed by atoms with van der Waals surface area (Å²) >= 11 is 5.60. The standard InChI is InChI=1S/C22H26N4O2S/c1-5-14-28-20-10-6-17(7-11-20)15-24(2)16-26-22(29)25(3)21(23-26)18-8-12-19(27-4)13-9-18/h5-13H,1,14-16H2,2-4H3/p+1. The van der Waals surface area contributed by atoms with Crippen LogP contribution in [0.5, 0.6) is 11.5 Å². The Morgan fingerprint density at radius 2 is 1.76 bits per heavy atom. The lowest BCUT2D eigenvalue weighted by Crippen LogP contribution is -3.07. The second-order valence-corrected chi connectivity index (χ2v) is 7.29. The Hall–Kier alpha value is -2.90. The number of nitrogens with zero attached hydrogens (tertiary/aromatic N) is 3. The molecule has 1 heterocycles. The number of aromatic nitrogens is 3. The molecule has 0 saturated carbocycles. The maximum atomic E-state index is 5.60. The maximum Gasteiger partial charge on any atom is 0.202 e. The van der Waals surface area contributed by atoms with Crippen molar-refractivity contribution in [3.8, 4) is 22.9 Å². The van der Waals surface area contributed by atoms with Gasteiger partial charge in [0.25, 0.3) is 0 Å². The van der Waals surface area contributed by atoms with Gasteiger partial charge in [0, 0.05) is 18.2 Å². The topological polar surface area (TPSA) is 45.6 Å². The third-order valence-electron chi connectivity index (χ3n) is 4.61. The highest BCUT2D eigenvalue weighted by Gasteiger charge is 2.13. The van der Waals surface area contributed by atoms with E-state index < -0.39 is 0 Å². The minimum Gasteiger partial charge on any atom is -0.497 e. The molecular formula is C22H27N4O2S+. The molecule has 0 amide bonds. The van der Waals surface area contributed by atoms with Crippen molar-refractivity contribution in [1.82, 2.24) is 14.3 Å². The summed E-state index contributed by atoms with van der Waals surface area (Å²) in [6.45, 7) is 5.71. The predicted octanol–water partition coefficient (Wildman–Crippen LogP) is 2.86. The van der Waals surface area contributed by atoms with Crippen molar-refractivity contribution in [2.45, 2.75) is 13.2 Å². The zero-order valence-electron chi connectivity index (χ0n) is 17.1. The third-order valence-corrected chi connectivity index (χ3v) is 5.09. The minimum absolute atomic E-state index is 0.513. The van der Waals surface area contributed by atoms with Crippen LogP contribution >= 0.6 is 12.2 Å². The summed E-state index contributed by atoms with van der Waals surface area (Å²) in [5.74, 6) is 2.51. The van der Waals surface area contributed by atoms with E-state index in [0.29, 0.717) is 18.0 Å². The molecule has 1 atom stereocenters. The molecule has 0 aliphatic carbocycles. The largest absolute Gasteiger partial charge is 0.497 e. The Kier molecular flexibility index (Phi) is 6.85. The van der Waals surface area contributed by atoms with Crippen LogP contribution < -0.4 is 14.4 Å². The molecule has 2 aromatic carbocycles. The molecule has 6 nitrogen and oxygen atoms in total. The summed E-state index contributed by atoms with van der Waals surface area (Å²) in [5, 5.41) is 4.75. The van der Waals surface area contributed by atoms with Gasteiger partial charge in [0.1, 0.15) is 24.7 Å². The molecule has 0 radical (unpaired) electrons. The molecule has 1 aromatic heterocycles. The van der Waals surface area contributed by atoms with Gasteiger partial charge in [-0.3, -0.25) is 0 Å². The predicted molar refractivity (Wildman–Crippen MR) is 117 cm³/mol. The summed E-state index contributed by atoms with van der Waals surface area (Å²) in [7, 11) is 5.74. The van der Waals surface area contributed by atoms with E-state index >= 15 is 0 Å². The van der Waals surface area contributed by atoms with Gasteiger partial charge < -0.3 is 18.9 Å². The molecule has 1 N–H and O–H groups in total. The van der Waals surface area contributed by atoms with Gasteiger partial charge in [-0.2, -0.15) is 4.68 Å². The van der Waals surface area contributed by atoms with Crippen molar-refractivity contribution in [3.63, 3.8) is 0 Å². The first-order valence-corrected chi connectivity index (χ1v) is 9.85. The van der Waals surface area contributed by atoms with E-state index in [-0.39, 0.29) is 0 Å². The average Bonchev–Trinajstić information content (AvgIpc) is 3.01. The molecule has 29 heavy (non-hydrogen) atoms. The molecule has 3 aromatic rings. The zero-order valence-corrected chi connectivity index (χ0v) is 17.9. The van der Waals surface area contributed by atoms with E-state index in [0.717, 1.165) is 29.4 Å². The van der Waals surface area contributed by atoms with Crippen LogP contribution in [0, 0.1) is 4.77 Å². The molecule has 7 heteroatoms. The van der Waals surface area contributed by atoms with Gasteiger partial charge in [-0.15, -0.1) is 5.10 Å². The maximum absolute atomic E-state index is 5.60. The Morgan fingerprint density at radius 3 is 2.38 bits per heavy atom. The smallest absolute Gasteiger partial charge is 0.202 e. The quantitative estimate of drug-likeness (QED) is 0.434. The second-order valence-electron chi connectivity index (χ2n) is 6.93. The molecule has 3 rings (SSSR count). The van der Waals surface area contributed by atoms with Crippen LogP contribution in [0.25, 0.3) is 11.4 Å². The van der Waals surface area contributed by atoms with Crippen LogP contribution in [0.15, 0.2) is 61.2 Å². The Bertz CT molecular complexity index is 1010. The van der Waals surface area contributed by atoms with E-state index in [1.165, 1.54) is 10.5 Å².